The molecule has 3 nitrogen and oxygen atoms in total. The van der Waals surface area contributed by atoms with Gasteiger partial charge in [0, 0.05) is 12.7 Å². The number of hydrogen-bond acceptors (Lipinski definition) is 2. The van der Waals surface area contributed by atoms with Gasteiger partial charge in [-0.15, -0.1) is 0 Å². The first-order valence-corrected chi connectivity index (χ1v) is 5.37. The lowest BCUT2D eigenvalue weighted by atomic mass is 10.2. The van der Waals surface area contributed by atoms with Crippen LogP contribution >= 0.6 is 0 Å². The summed E-state index contributed by atoms with van der Waals surface area (Å²) in [6, 6.07) is 9.61. The fraction of sp³-hybridized carbons (Fsp3) is 0.308. The number of hydrogen-bond donors (Lipinski definition) is 0. The van der Waals surface area contributed by atoms with E-state index in [0.717, 1.165) is 12.0 Å². The van der Waals surface area contributed by atoms with Crippen molar-refractivity contribution in [1.82, 2.24) is 4.90 Å². The van der Waals surface area contributed by atoms with Crippen LogP contribution in [0.2, 0.25) is 0 Å². The normalized spacial score (nSPS) is 9.56. The monoisotopic (exact) mass is 219 g/mol. The minimum Gasteiger partial charge on any atom is -0.444 e. The molecule has 0 fully saturated rings. The first kappa shape index (κ1) is 12.3. The maximum absolute atomic E-state index is 11.6. The Balaban J connectivity index is 2.42. The summed E-state index contributed by atoms with van der Waals surface area (Å²) in [6.45, 7) is 6.52. The third kappa shape index (κ3) is 3.77. The number of carbonyl (C=O) groups excluding carboxylic acids is 1. The number of ether oxygens (including phenoxy) is 1. The van der Waals surface area contributed by atoms with Gasteiger partial charge in [-0.1, -0.05) is 43.8 Å². The van der Waals surface area contributed by atoms with Crippen molar-refractivity contribution in [1.29, 1.82) is 0 Å². The highest BCUT2D eigenvalue weighted by atomic mass is 16.6. The van der Waals surface area contributed by atoms with E-state index in [1.54, 1.807) is 0 Å². The second-order valence-electron chi connectivity index (χ2n) is 3.42. The fourth-order valence-corrected chi connectivity index (χ4v) is 1.30. The molecule has 0 atom stereocenters. The highest BCUT2D eigenvalue weighted by molar-refractivity contribution is 5.68. The molecular weight excluding hydrogens is 202 g/mol. The van der Waals surface area contributed by atoms with Gasteiger partial charge in [0.25, 0.3) is 0 Å². The van der Waals surface area contributed by atoms with E-state index in [0.29, 0.717) is 13.2 Å². The fourth-order valence-electron chi connectivity index (χ4n) is 1.30. The zero-order valence-electron chi connectivity index (χ0n) is 9.56. The van der Waals surface area contributed by atoms with Crippen LogP contribution in [-0.4, -0.2) is 17.5 Å². The van der Waals surface area contributed by atoms with Gasteiger partial charge >= 0.3 is 6.09 Å². The summed E-state index contributed by atoms with van der Waals surface area (Å²) in [5.41, 5.74) is 0.983. The van der Waals surface area contributed by atoms with E-state index in [2.05, 4.69) is 6.58 Å². The van der Waals surface area contributed by atoms with Crippen LogP contribution in [0.15, 0.2) is 43.1 Å². The summed E-state index contributed by atoms with van der Waals surface area (Å²) in [5.74, 6) is 0. The van der Waals surface area contributed by atoms with Crippen LogP contribution in [0.3, 0.4) is 0 Å². The van der Waals surface area contributed by atoms with Crippen LogP contribution in [0, 0.1) is 0 Å². The van der Waals surface area contributed by atoms with Crippen LogP contribution in [0.5, 0.6) is 0 Å². The number of carbonyl (C=O) groups is 1. The molecule has 3 heteroatoms. The Kier molecular flexibility index (Phi) is 5.12. The lowest BCUT2D eigenvalue weighted by Gasteiger charge is -2.16. The predicted octanol–water partition coefficient (Wildman–Crippen LogP) is 3.18. The molecule has 0 saturated carbocycles. The van der Waals surface area contributed by atoms with Crippen LogP contribution in [0.4, 0.5) is 4.79 Å². The Morgan fingerprint density at radius 1 is 1.44 bits per heavy atom. The standard InChI is InChI=1S/C13H17NO2/c1-3-10-14(4-2)13(15)16-11-12-8-6-5-7-9-12/h4-9H,2-3,10-11H2,1H3. The maximum Gasteiger partial charge on any atom is 0.414 e. The van der Waals surface area contributed by atoms with E-state index in [4.69, 9.17) is 4.74 Å². The van der Waals surface area contributed by atoms with Crippen molar-refractivity contribution in [3.63, 3.8) is 0 Å². The minimum absolute atomic E-state index is 0.299. The van der Waals surface area contributed by atoms with Gasteiger partial charge in [-0.3, -0.25) is 4.90 Å². The van der Waals surface area contributed by atoms with Crippen molar-refractivity contribution >= 4 is 6.09 Å². The van der Waals surface area contributed by atoms with Crippen molar-refractivity contribution in [3.05, 3.63) is 48.7 Å². The Morgan fingerprint density at radius 2 is 2.12 bits per heavy atom. The lowest BCUT2D eigenvalue weighted by molar-refractivity contribution is 0.111. The quantitative estimate of drug-likeness (QED) is 0.761. The van der Waals surface area contributed by atoms with Gasteiger partial charge < -0.3 is 4.74 Å². The molecule has 0 N–H and O–H groups in total. The molecule has 1 aromatic carbocycles. The number of amides is 1. The summed E-state index contributed by atoms with van der Waals surface area (Å²) in [4.78, 5) is 13.0. The van der Waals surface area contributed by atoms with Crippen LogP contribution in [0.1, 0.15) is 18.9 Å². The van der Waals surface area contributed by atoms with E-state index < -0.39 is 0 Å². The van der Waals surface area contributed by atoms with Gasteiger partial charge in [0.05, 0.1) is 0 Å². The van der Waals surface area contributed by atoms with Crippen molar-refractivity contribution in [3.8, 4) is 0 Å². The van der Waals surface area contributed by atoms with Crippen molar-refractivity contribution in [2.45, 2.75) is 20.0 Å². The highest BCUT2D eigenvalue weighted by Crippen LogP contribution is 2.03. The molecule has 0 heterocycles. The van der Waals surface area contributed by atoms with Gasteiger partial charge in [0.1, 0.15) is 6.61 Å². The number of nitrogens with zero attached hydrogens (tertiary/aromatic N) is 1. The molecule has 1 rings (SSSR count). The third-order valence-electron chi connectivity index (χ3n) is 2.12. The number of benzene rings is 1. The molecule has 1 amide bonds. The van der Waals surface area contributed by atoms with Crippen LogP contribution in [0.25, 0.3) is 0 Å². The van der Waals surface area contributed by atoms with E-state index in [-0.39, 0.29) is 6.09 Å². The maximum atomic E-state index is 11.6. The van der Waals surface area contributed by atoms with E-state index in [1.165, 1.54) is 11.1 Å². The zero-order valence-corrected chi connectivity index (χ0v) is 9.56. The zero-order chi connectivity index (χ0) is 11.8. The second kappa shape index (κ2) is 6.67. The van der Waals surface area contributed by atoms with Gasteiger partial charge in [-0.05, 0) is 12.0 Å². The Labute approximate surface area is 96.3 Å². The summed E-state index contributed by atoms with van der Waals surface area (Å²) in [6.07, 6.45) is 2.03. The molecule has 1 aromatic rings. The predicted molar refractivity (Wildman–Crippen MR) is 63.8 cm³/mol. The van der Waals surface area contributed by atoms with Crippen LogP contribution < -0.4 is 0 Å². The first-order valence-electron chi connectivity index (χ1n) is 5.37. The molecule has 0 aliphatic carbocycles. The van der Waals surface area contributed by atoms with Gasteiger partial charge in [-0.25, -0.2) is 4.79 Å². The molecule has 0 unspecified atom stereocenters. The SMILES string of the molecule is C=CN(CCC)C(=O)OCc1ccccc1. The van der Waals surface area contributed by atoms with Crippen molar-refractivity contribution in [2.75, 3.05) is 6.54 Å². The summed E-state index contributed by atoms with van der Waals surface area (Å²) in [5, 5.41) is 0. The summed E-state index contributed by atoms with van der Waals surface area (Å²) >= 11 is 0. The molecule has 0 aromatic heterocycles. The van der Waals surface area contributed by atoms with E-state index in [9.17, 15) is 4.79 Å². The molecular formula is C13H17NO2. The minimum atomic E-state index is -0.347. The average molecular weight is 219 g/mol. The van der Waals surface area contributed by atoms with Gasteiger partial charge in [0.2, 0.25) is 0 Å². The third-order valence-corrected chi connectivity index (χ3v) is 2.12. The first-order chi connectivity index (χ1) is 7.77. The largest absolute Gasteiger partial charge is 0.444 e. The number of rotatable bonds is 5. The Hall–Kier alpha value is -1.77. The van der Waals surface area contributed by atoms with E-state index >= 15 is 0 Å². The highest BCUT2D eigenvalue weighted by Gasteiger charge is 2.10. The van der Waals surface area contributed by atoms with Crippen molar-refractivity contribution in [2.24, 2.45) is 0 Å². The molecule has 0 radical (unpaired) electrons. The van der Waals surface area contributed by atoms with Crippen LogP contribution in [-0.2, 0) is 11.3 Å². The topological polar surface area (TPSA) is 29.5 Å². The summed E-state index contributed by atoms with van der Waals surface area (Å²) in [7, 11) is 0. The van der Waals surface area contributed by atoms with E-state index in [1.807, 2.05) is 37.3 Å². The molecule has 0 aliphatic rings. The average Bonchev–Trinajstić information content (AvgIpc) is 2.34. The summed E-state index contributed by atoms with van der Waals surface area (Å²) < 4.78 is 5.15. The molecule has 0 spiro atoms. The smallest absolute Gasteiger partial charge is 0.414 e. The van der Waals surface area contributed by atoms with Gasteiger partial charge in [-0.2, -0.15) is 0 Å². The second-order valence-corrected chi connectivity index (χ2v) is 3.42. The molecule has 0 aliphatic heterocycles. The molecule has 0 saturated heterocycles. The lowest BCUT2D eigenvalue weighted by Crippen LogP contribution is -2.26. The van der Waals surface area contributed by atoms with Gasteiger partial charge in [0.15, 0.2) is 0 Å². The molecule has 86 valence electrons. The molecule has 16 heavy (non-hydrogen) atoms. The Morgan fingerprint density at radius 3 is 2.69 bits per heavy atom. The molecule has 0 bridgehead atoms. The van der Waals surface area contributed by atoms with Crippen molar-refractivity contribution < 1.29 is 9.53 Å². The Bertz CT molecular complexity index is 335.